The first kappa shape index (κ1) is 26.5. The minimum absolute atomic E-state index is 0.0428. The van der Waals surface area contributed by atoms with Crippen LogP contribution >= 0.6 is 11.9 Å². The first-order valence-corrected chi connectivity index (χ1v) is 12.0. The van der Waals surface area contributed by atoms with Crippen LogP contribution in [0.2, 0.25) is 0 Å². The number of halogens is 4. The molecule has 0 fully saturated rings. The van der Waals surface area contributed by atoms with Gasteiger partial charge < -0.3 is 23.8 Å². The smallest absolute Gasteiger partial charge is 0.471 e. The number of hydrogen-bond acceptors (Lipinski definition) is 6. The number of benzene rings is 3. The standard InChI is InChI=1S/C26H24F4N2O4S/c1-35-20-6-3-18(24(13-20)36-2)15-32(23-8-5-19(33)12-22(23)27)37-21-7-4-17-14-31(10-9-16(17)11-21)25(34)26(28,29)30/h3-8,11-13,33H,9-10,14-15H2,1-2H3. The molecule has 0 bridgehead atoms. The number of carbonyl (C=O) groups excluding carboxylic acids is 1. The normalized spacial score (nSPS) is 13.2. The Balaban J connectivity index is 1.62. The van der Waals surface area contributed by atoms with Gasteiger partial charge >= 0.3 is 12.1 Å². The Bertz CT molecular complexity index is 1300. The van der Waals surface area contributed by atoms with E-state index in [0.29, 0.717) is 17.1 Å². The van der Waals surface area contributed by atoms with Crippen molar-refractivity contribution in [3.8, 4) is 17.2 Å². The lowest BCUT2D eigenvalue weighted by Gasteiger charge is -2.30. The highest BCUT2D eigenvalue weighted by atomic mass is 32.2. The SMILES string of the molecule is COc1ccc(CN(Sc2ccc3c(c2)CCN(C(=O)C(F)(F)F)C3)c2ccc(O)cc2F)c(OC)c1. The zero-order chi connectivity index (χ0) is 26.7. The topological polar surface area (TPSA) is 62.2 Å². The van der Waals surface area contributed by atoms with Crippen LogP contribution in [0.25, 0.3) is 0 Å². The van der Waals surface area contributed by atoms with E-state index in [-0.39, 0.29) is 37.5 Å². The van der Waals surface area contributed by atoms with E-state index in [1.54, 1.807) is 28.6 Å². The van der Waals surface area contributed by atoms with E-state index >= 15 is 0 Å². The number of nitrogens with zero attached hydrogens (tertiary/aromatic N) is 2. The summed E-state index contributed by atoms with van der Waals surface area (Å²) < 4.78 is 65.9. The molecular weight excluding hydrogens is 512 g/mol. The molecule has 0 aromatic heterocycles. The molecule has 1 heterocycles. The maximum Gasteiger partial charge on any atom is 0.471 e. The molecule has 0 unspecified atom stereocenters. The van der Waals surface area contributed by atoms with Gasteiger partial charge in [0.25, 0.3) is 0 Å². The van der Waals surface area contributed by atoms with Crippen LogP contribution in [0.4, 0.5) is 23.2 Å². The monoisotopic (exact) mass is 536 g/mol. The highest BCUT2D eigenvalue weighted by molar-refractivity contribution is 8.00. The summed E-state index contributed by atoms with van der Waals surface area (Å²) in [6, 6.07) is 14.4. The third kappa shape index (κ3) is 6.04. The number of phenols is 1. The van der Waals surface area contributed by atoms with Gasteiger partial charge in [-0.2, -0.15) is 13.2 Å². The summed E-state index contributed by atoms with van der Waals surface area (Å²) >= 11 is 1.23. The van der Waals surface area contributed by atoms with Crippen LogP contribution in [-0.2, 0) is 24.3 Å². The van der Waals surface area contributed by atoms with E-state index in [9.17, 15) is 27.5 Å². The zero-order valence-corrected chi connectivity index (χ0v) is 20.8. The first-order chi connectivity index (χ1) is 17.6. The lowest BCUT2D eigenvalue weighted by molar-refractivity contribution is -0.186. The molecule has 1 N–H and O–H groups in total. The molecule has 1 amide bonds. The number of amides is 1. The van der Waals surface area contributed by atoms with E-state index in [2.05, 4.69) is 0 Å². The van der Waals surface area contributed by atoms with Crippen molar-refractivity contribution in [3.05, 3.63) is 77.1 Å². The van der Waals surface area contributed by atoms with Gasteiger partial charge in [-0.15, -0.1) is 0 Å². The fraction of sp³-hybridized carbons (Fsp3) is 0.269. The number of ether oxygens (including phenoxy) is 2. The molecule has 6 nitrogen and oxygen atoms in total. The summed E-state index contributed by atoms with van der Waals surface area (Å²) in [4.78, 5) is 13.2. The summed E-state index contributed by atoms with van der Waals surface area (Å²) in [6.07, 6.45) is -4.64. The molecular formula is C26H24F4N2O4S. The van der Waals surface area contributed by atoms with Crippen molar-refractivity contribution in [1.29, 1.82) is 0 Å². The predicted octanol–water partition coefficient (Wildman–Crippen LogP) is 5.71. The van der Waals surface area contributed by atoms with Crippen LogP contribution in [0.3, 0.4) is 0 Å². The minimum Gasteiger partial charge on any atom is -0.508 e. The summed E-state index contributed by atoms with van der Waals surface area (Å²) in [6.45, 7) is 0.0568. The average Bonchev–Trinajstić information content (AvgIpc) is 2.87. The lowest BCUT2D eigenvalue weighted by atomic mass is 10.00. The van der Waals surface area contributed by atoms with Crippen LogP contribution in [0.1, 0.15) is 16.7 Å². The van der Waals surface area contributed by atoms with Crippen molar-refractivity contribution in [2.75, 3.05) is 25.1 Å². The second kappa shape index (κ2) is 10.8. The van der Waals surface area contributed by atoms with Crippen molar-refractivity contribution in [1.82, 2.24) is 4.90 Å². The number of alkyl halides is 3. The molecule has 37 heavy (non-hydrogen) atoms. The van der Waals surface area contributed by atoms with E-state index in [4.69, 9.17) is 9.47 Å². The molecule has 0 spiro atoms. The molecule has 11 heteroatoms. The quantitative estimate of drug-likeness (QED) is 0.308. The second-order valence-corrected chi connectivity index (χ2v) is 9.44. The van der Waals surface area contributed by atoms with Crippen molar-refractivity contribution < 1.29 is 36.9 Å². The van der Waals surface area contributed by atoms with Crippen LogP contribution in [-0.4, -0.2) is 42.9 Å². The zero-order valence-electron chi connectivity index (χ0n) is 20.0. The fourth-order valence-electron chi connectivity index (χ4n) is 4.07. The van der Waals surface area contributed by atoms with Gasteiger partial charge in [0.1, 0.15) is 17.2 Å². The minimum atomic E-state index is -4.91. The first-order valence-electron chi connectivity index (χ1n) is 11.2. The highest BCUT2D eigenvalue weighted by Crippen LogP contribution is 2.37. The maximum atomic E-state index is 14.9. The maximum absolute atomic E-state index is 14.9. The third-order valence-electron chi connectivity index (χ3n) is 5.94. The van der Waals surface area contributed by atoms with E-state index in [1.165, 1.54) is 38.3 Å². The third-order valence-corrected chi connectivity index (χ3v) is 6.95. The molecule has 3 aromatic carbocycles. The largest absolute Gasteiger partial charge is 0.508 e. The van der Waals surface area contributed by atoms with Gasteiger partial charge in [0.05, 0.1) is 26.5 Å². The van der Waals surface area contributed by atoms with E-state index in [0.717, 1.165) is 27.0 Å². The Morgan fingerprint density at radius 1 is 1.05 bits per heavy atom. The van der Waals surface area contributed by atoms with Gasteiger partial charge in [0.2, 0.25) is 0 Å². The summed E-state index contributed by atoms with van der Waals surface area (Å²) in [7, 11) is 3.06. The Labute approximate surface area is 215 Å². The molecule has 4 rings (SSSR count). The Kier molecular flexibility index (Phi) is 7.72. The van der Waals surface area contributed by atoms with Gasteiger partial charge in [-0.05, 0) is 65.9 Å². The second-order valence-electron chi connectivity index (χ2n) is 8.35. The Hall–Kier alpha value is -3.60. The molecule has 0 saturated heterocycles. The Morgan fingerprint density at radius 2 is 1.84 bits per heavy atom. The molecule has 0 atom stereocenters. The van der Waals surface area contributed by atoms with Gasteiger partial charge in [0, 0.05) is 35.7 Å². The Morgan fingerprint density at radius 3 is 2.51 bits per heavy atom. The predicted molar refractivity (Wildman–Crippen MR) is 131 cm³/mol. The number of rotatable bonds is 7. The van der Waals surface area contributed by atoms with Crippen LogP contribution in [0.15, 0.2) is 59.5 Å². The summed E-state index contributed by atoms with van der Waals surface area (Å²) in [5, 5.41) is 9.68. The summed E-state index contributed by atoms with van der Waals surface area (Å²) in [5.74, 6) is -1.54. The van der Waals surface area contributed by atoms with Crippen LogP contribution < -0.4 is 13.8 Å². The molecule has 0 radical (unpaired) electrons. The average molecular weight is 537 g/mol. The molecule has 1 aliphatic rings. The molecule has 3 aromatic rings. The van der Waals surface area contributed by atoms with E-state index in [1.807, 2.05) is 12.1 Å². The molecule has 1 aliphatic heterocycles. The molecule has 0 saturated carbocycles. The molecule has 0 aliphatic carbocycles. The number of methoxy groups -OCH3 is 2. The van der Waals surface area contributed by atoms with Gasteiger partial charge in [-0.25, -0.2) is 4.39 Å². The van der Waals surface area contributed by atoms with Crippen molar-refractivity contribution >= 4 is 23.5 Å². The van der Waals surface area contributed by atoms with Crippen molar-refractivity contribution in [2.45, 2.75) is 30.6 Å². The van der Waals surface area contributed by atoms with E-state index < -0.39 is 17.9 Å². The number of carbonyl (C=O) groups is 1. The number of fused-ring (bicyclic) bond motifs is 1. The van der Waals surface area contributed by atoms with Crippen LogP contribution in [0, 0.1) is 5.82 Å². The molecule has 196 valence electrons. The highest BCUT2D eigenvalue weighted by Gasteiger charge is 2.43. The lowest BCUT2D eigenvalue weighted by Crippen LogP contribution is -2.43. The van der Waals surface area contributed by atoms with Crippen LogP contribution in [0.5, 0.6) is 17.2 Å². The number of phenolic OH excluding ortho intramolecular Hbond substituents is 1. The number of hydrogen-bond donors (Lipinski definition) is 1. The van der Waals surface area contributed by atoms with Crippen molar-refractivity contribution in [3.63, 3.8) is 0 Å². The number of anilines is 1. The number of aromatic hydroxyl groups is 1. The summed E-state index contributed by atoms with van der Waals surface area (Å²) in [5.41, 5.74) is 2.43. The van der Waals surface area contributed by atoms with Crippen molar-refractivity contribution in [2.24, 2.45) is 0 Å². The fourth-order valence-corrected chi connectivity index (χ4v) is 5.10. The van der Waals surface area contributed by atoms with Gasteiger partial charge in [0.15, 0.2) is 5.82 Å². The van der Waals surface area contributed by atoms with Gasteiger partial charge in [-0.3, -0.25) is 4.79 Å². The van der Waals surface area contributed by atoms with Gasteiger partial charge in [-0.1, -0.05) is 6.07 Å².